The van der Waals surface area contributed by atoms with Gasteiger partial charge in [-0.25, -0.2) is 0 Å². The molecule has 2 aliphatic rings. The molecule has 2 aliphatic heterocycles. The molecule has 0 bridgehead atoms. The topological polar surface area (TPSA) is 24.5 Å². The van der Waals surface area contributed by atoms with Crippen molar-refractivity contribution in [3.63, 3.8) is 0 Å². The third kappa shape index (κ3) is 2.51. The van der Waals surface area contributed by atoms with Crippen molar-refractivity contribution in [3.05, 3.63) is 35.9 Å². The molecule has 0 aromatic heterocycles. The summed E-state index contributed by atoms with van der Waals surface area (Å²) in [6.45, 7) is 5.13. The average Bonchev–Trinajstić information content (AvgIpc) is 2.40. The molecule has 1 aromatic carbocycles. The van der Waals surface area contributed by atoms with Crippen molar-refractivity contribution < 1.29 is 4.74 Å². The second kappa shape index (κ2) is 5.17. The predicted molar refractivity (Wildman–Crippen MR) is 67.9 cm³/mol. The number of nitrogens with zero attached hydrogens (tertiary/aromatic N) is 1. The van der Waals surface area contributed by atoms with Crippen LogP contribution in [0.5, 0.6) is 0 Å². The van der Waals surface area contributed by atoms with Crippen molar-refractivity contribution >= 4 is 0 Å². The fourth-order valence-electron chi connectivity index (χ4n) is 2.91. The van der Waals surface area contributed by atoms with Crippen LogP contribution < -0.4 is 5.32 Å². The second-order valence-electron chi connectivity index (χ2n) is 4.93. The van der Waals surface area contributed by atoms with Crippen LogP contribution in [-0.2, 0) is 11.3 Å². The first-order chi connectivity index (χ1) is 8.43. The van der Waals surface area contributed by atoms with Gasteiger partial charge in [0.15, 0.2) is 0 Å². The Hall–Kier alpha value is -0.900. The molecule has 1 aromatic rings. The third-order valence-corrected chi connectivity index (χ3v) is 3.80. The van der Waals surface area contributed by atoms with Gasteiger partial charge in [0, 0.05) is 25.7 Å². The van der Waals surface area contributed by atoms with Crippen LogP contribution in [0.25, 0.3) is 0 Å². The van der Waals surface area contributed by atoms with Crippen molar-refractivity contribution in [2.75, 3.05) is 26.2 Å². The summed E-state index contributed by atoms with van der Waals surface area (Å²) in [7, 11) is 0. The summed E-state index contributed by atoms with van der Waals surface area (Å²) in [6.07, 6.45) is 1.60. The fourth-order valence-corrected chi connectivity index (χ4v) is 2.91. The van der Waals surface area contributed by atoms with Crippen LogP contribution in [0.4, 0.5) is 0 Å². The van der Waals surface area contributed by atoms with Gasteiger partial charge in [0.1, 0.15) is 0 Å². The highest BCUT2D eigenvalue weighted by molar-refractivity contribution is 5.15. The maximum atomic E-state index is 5.85. The summed E-state index contributed by atoms with van der Waals surface area (Å²) in [4.78, 5) is 2.59. The van der Waals surface area contributed by atoms with Gasteiger partial charge >= 0.3 is 0 Å². The lowest BCUT2D eigenvalue weighted by atomic mass is 9.99. The maximum absolute atomic E-state index is 5.85. The molecular weight excluding hydrogens is 212 g/mol. The molecule has 0 saturated carbocycles. The van der Waals surface area contributed by atoms with Crippen LogP contribution in [0.2, 0.25) is 0 Å². The summed E-state index contributed by atoms with van der Waals surface area (Å²) in [5, 5.41) is 3.42. The Bertz CT molecular complexity index is 352. The van der Waals surface area contributed by atoms with Gasteiger partial charge < -0.3 is 10.1 Å². The first kappa shape index (κ1) is 11.2. The SMILES string of the molecule is c1ccc(CN2CCOC3CNCCC32)cc1. The number of ether oxygens (including phenoxy) is 1. The molecule has 0 aliphatic carbocycles. The third-order valence-electron chi connectivity index (χ3n) is 3.80. The second-order valence-corrected chi connectivity index (χ2v) is 4.93. The number of morpholine rings is 1. The quantitative estimate of drug-likeness (QED) is 0.830. The minimum atomic E-state index is 0.390. The highest BCUT2D eigenvalue weighted by atomic mass is 16.5. The summed E-state index contributed by atoms with van der Waals surface area (Å²) in [5.74, 6) is 0. The van der Waals surface area contributed by atoms with Crippen LogP contribution in [-0.4, -0.2) is 43.3 Å². The number of hydrogen-bond donors (Lipinski definition) is 1. The van der Waals surface area contributed by atoms with E-state index >= 15 is 0 Å². The first-order valence-electron chi connectivity index (χ1n) is 6.54. The number of hydrogen-bond acceptors (Lipinski definition) is 3. The highest BCUT2D eigenvalue weighted by Gasteiger charge is 2.33. The fraction of sp³-hybridized carbons (Fsp3) is 0.571. The van der Waals surface area contributed by atoms with Crippen LogP contribution in [0.1, 0.15) is 12.0 Å². The van der Waals surface area contributed by atoms with E-state index in [0.29, 0.717) is 12.1 Å². The largest absolute Gasteiger partial charge is 0.374 e. The first-order valence-corrected chi connectivity index (χ1v) is 6.54. The van der Waals surface area contributed by atoms with E-state index in [-0.39, 0.29) is 0 Å². The van der Waals surface area contributed by atoms with Gasteiger partial charge in [-0.2, -0.15) is 0 Å². The minimum Gasteiger partial charge on any atom is -0.374 e. The number of rotatable bonds is 2. The Balaban J connectivity index is 1.69. The van der Waals surface area contributed by atoms with E-state index in [9.17, 15) is 0 Å². The van der Waals surface area contributed by atoms with Crippen molar-refractivity contribution in [1.82, 2.24) is 10.2 Å². The molecule has 3 nitrogen and oxygen atoms in total. The van der Waals surface area contributed by atoms with Gasteiger partial charge in [0.05, 0.1) is 12.7 Å². The van der Waals surface area contributed by atoms with Crippen molar-refractivity contribution in [1.29, 1.82) is 0 Å². The van der Waals surface area contributed by atoms with Gasteiger partial charge in [0.25, 0.3) is 0 Å². The molecule has 17 heavy (non-hydrogen) atoms. The summed E-state index contributed by atoms with van der Waals surface area (Å²) < 4.78 is 5.85. The molecule has 0 spiro atoms. The highest BCUT2D eigenvalue weighted by Crippen LogP contribution is 2.21. The van der Waals surface area contributed by atoms with Crippen LogP contribution >= 0.6 is 0 Å². The van der Waals surface area contributed by atoms with Gasteiger partial charge in [-0.3, -0.25) is 4.90 Å². The lowest BCUT2D eigenvalue weighted by Gasteiger charge is -2.44. The van der Waals surface area contributed by atoms with Crippen LogP contribution in [0.15, 0.2) is 30.3 Å². The lowest BCUT2D eigenvalue weighted by molar-refractivity contribution is -0.0842. The molecule has 0 amide bonds. The zero-order valence-corrected chi connectivity index (χ0v) is 10.1. The Labute approximate surface area is 103 Å². The number of fused-ring (bicyclic) bond motifs is 1. The van der Waals surface area contributed by atoms with E-state index in [1.54, 1.807) is 0 Å². The molecule has 2 unspecified atom stereocenters. The Morgan fingerprint density at radius 1 is 1.29 bits per heavy atom. The average molecular weight is 232 g/mol. The summed E-state index contributed by atoms with van der Waals surface area (Å²) in [5.41, 5.74) is 1.41. The van der Waals surface area contributed by atoms with E-state index in [4.69, 9.17) is 4.74 Å². The van der Waals surface area contributed by atoms with Crippen molar-refractivity contribution in [2.45, 2.75) is 25.1 Å². The Kier molecular flexibility index (Phi) is 3.41. The van der Waals surface area contributed by atoms with Gasteiger partial charge in [-0.15, -0.1) is 0 Å². The predicted octanol–water partition coefficient (Wildman–Crippen LogP) is 1.25. The molecule has 2 saturated heterocycles. The Morgan fingerprint density at radius 2 is 2.18 bits per heavy atom. The standard InChI is InChI=1S/C14H20N2O/c1-2-4-12(5-3-1)11-16-8-9-17-14-10-15-7-6-13(14)16/h1-5,13-15H,6-11H2. The van der Waals surface area contributed by atoms with Crippen LogP contribution in [0, 0.1) is 0 Å². The van der Waals surface area contributed by atoms with E-state index in [1.807, 2.05) is 0 Å². The van der Waals surface area contributed by atoms with E-state index < -0.39 is 0 Å². The molecule has 2 fully saturated rings. The molecule has 1 N–H and O–H groups in total. The molecule has 92 valence electrons. The Morgan fingerprint density at radius 3 is 3.06 bits per heavy atom. The number of nitrogens with one attached hydrogen (secondary N) is 1. The normalized spacial score (nSPS) is 29.9. The summed E-state index contributed by atoms with van der Waals surface area (Å²) >= 11 is 0. The van der Waals surface area contributed by atoms with Gasteiger partial charge in [-0.05, 0) is 18.5 Å². The number of benzene rings is 1. The molecule has 2 atom stereocenters. The van der Waals surface area contributed by atoms with E-state index in [0.717, 1.165) is 32.8 Å². The van der Waals surface area contributed by atoms with E-state index in [1.165, 1.54) is 12.0 Å². The molecule has 2 heterocycles. The van der Waals surface area contributed by atoms with Crippen molar-refractivity contribution in [2.24, 2.45) is 0 Å². The van der Waals surface area contributed by atoms with Gasteiger partial charge in [-0.1, -0.05) is 30.3 Å². The smallest absolute Gasteiger partial charge is 0.0855 e. The van der Waals surface area contributed by atoms with Gasteiger partial charge in [0.2, 0.25) is 0 Å². The van der Waals surface area contributed by atoms with Crippen molar-refractivity contribution in [3.8, 4) is 0 Å². The molecule has 0 radical (unpaired) electrons. The van der Waals surface area contributed by atoms with E-state index in [2.05, 4.69) is 40.5 Å². The molecular formula is C14H20N2O. The zero-order valence-electron chi connectivity index (χ0n) is 10.1. The van der Waals surface area contributed by atoms with Crippen LogP contribution in [0.3, 0.4) is 0 Å². The summed E-state index contributed by atoms with van der Waals surface area (Å²) in [6, 6.07) is 11.4. The zero-order chi connectivity index (χ0) is 11.5. The monoisotopic (exact) mass is 232 g/mol. The number of piperidine rings is 1. The minimum absolute atomic E-state index is 0.390. The molecule has 3 rings (SSSR count). The maximum Gasteiger partial charge on any atom is 0.0855 e. The molecule has 3 heteroatoms. The lowest BCUT2D eigenvalue weighted by Crippen LogP contribution is -2.57.